The van der Waals surface area contributed by atoms with E-state index in [1.807, 2.05) is 25.1 Å². The van der Waals surface area contributed by atoms with Crippen LogP contribution in [0.4, 0.5) is 5.82 Å². The van der Waals surface area contributed by atoms with Gasteiger partial charge in [0.2, 0.25) is 10.9 Å². The van der Waals surface area contributed by atoms with Gasteiger partial charge in [0.15, 0.2) is 0 Å². The van der Waals surface area contributed by atoms with Crippen LogP contribution in [0.2, 0.25) is 0 Å². The molecule has 1 N–H and O–H groups in total. The number of aryl methyl sites for hydroxylation is 2. The van der Waals surface area contributed by atoms with Crippen molar-refractivity contribution in [2.45, 2.75) is 13.8 Å². The molecular formula is C17H15N5O3S. The number of ether oxygens (including phenoxy) is 1. The highest BCUT2D eigenvalue weighted by Gasteiger charge is 2.18. The first-order chi connectivity index (χ1) is 12.5. The Balaban J connectivity index is 1.70. The molecule has 0 radical (unpaired) electrons. The van der Waals surface area contributed by atoms with E-state index in [1.165, 1.54) is 11.3 Å². The third kappa shape index (κ3) is 2.93. The SMILES string of the molecule is COc1ccc2nc(-n3nc(C)cc3NC(=O)c3cc(C)no3)sc2c1. The highest BCUT2D eigenvalue weighted by molar-refractivity contribution is 7.20. The summed E-state index contributed by atoms with van der Waals surface area (Å²) >= 11 is 1.46. The van der Waals surface area contributed by atoms with E-state index < -0.39 is 5.91 Å². The van der Waals surface area contributed by atoms with Crippen molar-refractivity contribution in [2.24, 2.45) is 0 Å². The first-order valence-corrected chi connectivity index (χ1v) is 8.61. The number of hydrogen-bond acceptors (Lipinski definition) is 7. The number of amides is 1. The van der Waals surface area contributed by atoms with Crippen LogP contribution in [0.3, 0.4) is 0 Å². The van der Waals surface area contributed by atoms with Crippen LogP contribution in [-0.2, 0) is 0 Å². The molecular weight excluding hydrogens is 354 g/mol. The maximum Gasteiger partial charge on any atom is 0.295 e. The molecule has 0 atom stereocenters. The molecule has 1 amide bonds. The molecule has 26 heavy (non-hydrogen) atoms. The van der Waals surface area contributed by atoms with E-state index in [0.29, 0.717) is 16.6 Å². The van der Waals surface area contributed by atoms with Crippen molar-refractivity contribution < 1.29 is 14.1 Å². The number of thiazole rings is 1. The van der Waals surface area contributed by atoms with Crippen LogP contribution < -0.4 is 10.1 Å². The summed E-state index contributed by atoms with van der Waals surface area (Å²) in [5, 5.41) is 11.6. The second kappa shape index (κ2) is 6.26. The predicted octanol–water partition coefficient (Wildman–Crippen LogP) is 3.35. The smallest absolute Gasteiger partial charge is 0.295 e. The van der Waals surface area contributed by atoms with Gasteiger partial charge in [-0.05, 0) is 32.0 Å². The molecule has 0 unspecified atom stereocenters. The Kier molecular flexibility index (Phi) is 3.92. The monoisotopic (exact) mass is 369 g/mol. The largest absolute Gasteiger partial charge is 0.497 e. The van der Waals surface area contributed by atoms with Gasteiger partial charge in [-0.3, -0.25) is 4.79 Å². The molecule has 1 aromatic carbocycles. The van der Waals surface area contributed by atoms with Gasteiger partial charge in [0.25, 0.3) is 5.91 Å². The first kappa shape index (κ1) is 16.3. The molecule has 3 heterocycles. The van der Waals surface area contributed by atoms with Crippen LogP contribution in [-0.4, -0.2) is 32.9 Å². The number of fused-ring (bicyclic) bond motifs is 1. The van der Waals surface area contributed by atoms with Gasteiger partial charge in [-0.1, -0.05) is 16.5 Å². The Labute approximate surface area is 152 Å². The van der Waals surface area contributed by atoms with Gasteiger partial charge in [0.1, 0.15) is 11.6 Å². The average molecular weight is 369 g/mol. The van der Waals surface area contributed by atoms with Crippen LogP contribution in [0.25, 0.3) is 15.3 Å². The zero-order valence-electron chi connectivity index (χ0n) is 14.3. The summed E-state index contributed by atoms with van der Waals surface area (Å²) in [4.78, 5) is 16.9. The average Bonchev–Trinajstić information content (AvgIpc) is 3.32. The fourth-order valence-electron chi connectivity index (χ4n) is 2.49. The van der Waals surface area contributed by atoms with Crippen LogP contribution in [0, 0.1) is 13.8 Å². The van der Waals surface area contributed by atoms with Crippen molar-refractivity contribution in [3.8, 4) is 10.9 Å². The molecule has 3 aromatic heterocycles. The summed E-state index contributed by atoms with van der Waals surface area (Å²) in [6, 6.07) is 9.01. The Morgan fingerprint density at radius 3 is 2.81 bits per heavy atom. The van der Waals surface area contributed by atoms with Crippen molar-refractivity contribution >= 4 is 33.3 Å². The van der Waals surface area contributed by atoms with Crippen LogP contribution >= 0.6 is 11.3 Å². The fourth-order valence-corrected chi connectivity index (χ4v) is 3.45. The minimum absolute atomic E-state index is 0.141. The third-order valence-electron chi connectivity index (χ3n) is 3.69. The summed E-state index contributed by atoms with van der Waals surface area (Å²) < 4.78 is 12.8. The van der Waals surface area contributed by atoms with E-state index in [2.05, 4.69) is 20.6 Å². The van der Waals surface area contributed by atoms with Gasteiger partial charge in [-0.15, -0.1) is 0 Å². The molecule has 4 aromatic rings. The zero-order chi connectivity index (χ0) is 18.3. The molecule has 0 aliphatic heterocycles. The van der Waals surface area contributed by atoms with E-state index >= 15 is 0 Å². The minimum atomic E-state index is -0.394. The maximum atomic E-state index is 12.4. The highest BCUT2D eigenvalue weighted by Crippen LogP contribution is 2.30. The molecule has 4 rings (SSSR count). The van der Waals surface area contributed by atoms with Gasteiger partial charge in [0.05, 0.1) is 28.7 Å². The lowest BCUT2D eigenvalue weighted by atomic mass is 10.3. The molecule has 0 bridgehead atoms. The van der Waals surface area contributed by atoms with Crippen molar-refractivity contribution in [1.82, 2.24) is 19.9 Å². The van der Waals surface area contributed by atoms with Gasteiger partial charge in [-0.2, -0.15) is 9.78 Å². The molecule has 0 fully saturated rings. The lowest BCUT2D eigenvalue weighted by molar-refractivity contribution is 0.0987. The number of carbonyl (C=O) groups excluding carboxylic acids is 1. The Hall–Kier alpha value is -3.20. The topological polar surface area (TPSA) is 95.1 Å². The number of anilines is 1. The van der Waals surface area contributed by atoms with Crippen LogP contribution in [0.5, 0.6) is 5.75 Å². The summed E-state index contributed by atoms with van der Waals surface area (Å²) in [6.07, 6.45) is 0. The molecule has 8 nitrogen and oxygen atoms in total. The quantitative estimate of drug-likeness (QED) is 0.593. The highest BCUT2D eigenvalue weighted by atomic mass is 32.1. The fraction of sp³-hybridized carbons (Fsp3) is 0.176. The second-order valence-electron chi connectivity index (χ2n) is 5.70. The third-order valence-corrected chi connectivity index (χ3v) is 4.68. The normalized spacial score (nSPS) is 11.0. The molecule has 0 saturated heterocycles. The Morgan fingerprint density at radius 1 is 1.23 bits per heavy atom. The second-order valence-corrected chi connectivity index (χ2v) is 6.71. The lowest BCUT2D eigenvalue weighted by Gasteiger charge is -2.04. The van der Waals surface area contributed by atoms with Gasteiger partial charge in [0, 0.05) is 12.1 Å². The van der Waals surface area contributed by atoms with E-state index in [1.54, 1.807) is 30.8 Å². The lowest BCUT2D eigenvalue weighted by Crippen LogP contribution is -2.14. The summed E-state index contributed by atoms with van der Waals surface area (Å²) in [6.45, 7) is 3.60. The molecule has 0 spiro atoms. The van der Waals surface area contributed by atoms with E-state index in [4.69, 9.17) is 9.26 Å². The standard InChI is InChI=1S/C17H15N5O3S/c1-9-7-15(19-16(23)13-6-10(2)21-25-13)22(20-9)17-18-12-5-4-11(24-3)8-14(12)26-17/h4-8H,1-3H3,(H,19,23). The van der Waals surface area contributed by atoms with E-state index in [-0.39, 0.29) is 5.76 Å². The molecule has 0 aliphatic carbocycles. The number of nitrogens with one attached hydrogen (secondary N) is 1. The molecule has 0 saturated carbocycles. The van der Waals surface area contributed by atoms with Crippen LogP contribution in [0.1, 0.15) is 21.9 Å². The molecule has 9 heteroatoms. The number of carbonyl (C=O) groups is 1. The van der Waals surface area contributed by atoms with Crippen molar-refractivity contribution in [3.63, 3.8) is 0 Å². The number of methoxy groups -OCH3 is 1. The molecule has 132 valence electrons. The number of rotatable bonds is 4. The number of aromatic nitrogens is 4. The van der Waals surface area contributed by atoms with Crippen molar-refractivity contribution in [2.75, 3.05) is 12.4 Å². The number of hydrogen-bond donors (Lipinski definition) is 1. The van der Waals surface area contributed by atoms with Crippen molar-refractivity contribution in [3.05, 3.63) is 47.5 Å². The number of nitrogens with zero attached hydrogens (tertiary/aromatic N) is 4. The first-order valence-electron chi connectivity index (χ1n) is 7.80. The van der Waals surface area contributed by atoms with E-state index in [0.717, 1.165) is 21.7 Å². The minimum Gasteiger partial charge on any atom is -0.497 e. The zero-order valence-corrected chi connectivity index (χ0v) is 15.1. The predicted molar refractivity (Wildman–Crippen MR) is 97.2 cm³/mol. The van der Waals surface area contributed by atoms with Gasteiger partial charge >= 0.3 is 0 Å². The van der Waals surface area contributed by atoms with Crippen LogP contribution in [0.15, 0.2) is 34.9 Å². The summed E-state index contributed by atoms with van der Waals surface area (Å²) in [5.41, 5.74) is 2.23. The summed E-state index contributed by atoms with van der Waals surface area (Å²) in [5.74, 6) is 1.02. The van der Waals surface area contributed by atoms with Gasteiger partial charge in [-0.25, -0.2) is 4.98 Å². The van der Waals surface area contributed by atoms with E-state index in [9.17, 15) is 4.79 Å². The van der Waals surface area contributed by atoms with Crippen molar-refractivity contribution in [1.29, 1.82) is 0 Å². The Bertz CT molecular complexity index is 1110. The summed E-state index contributed by atoms with van der Waals surface area (Å²) in [7, 11) is 1.62. The molecule has 0 aliphatic rings. The Morgan fingerprint density at radius 2 is 2.08 bits per heavy atom. The maximum absolute atomic E-state index is 12.4. The number of benzene rings is 1. The van der Waals surface area contributed by atoms with Gasteiger partial charge < -0.3 is 14.6 Å².